The second-order valence-electron chi connectivity index (χ2n) is 3.68. The number of nitrogens with one attached hydrogen (secondary N) is 1. The minimum atomic E-state index is 0.732. The summed E-state index contributed by atoms with van der Waals surface area (Å²) in [6.07, 6.45) is 0.772. The van der Waals surface area contributed by atoms with Crippen molar-refractivity contribution in [3.8, 4) is 0 Å². The van der Waals surface area contributed by atoms with E-state index in [1.165, 1.54) is 10.9 Å². The Morgan fingerprint density at radius 3 is 3.07 bits per heavy atom. The molecule has 3 nitrogen and oxygen atoms in total. The Morgan fingerprint density at radius 1 is 1.33 bits per heavy atom. The van der Waals surface area contributed by atoms with Crippen LogP contribution in [0.4, 0.5) is 0 Å². The molecule has 3 rings (SSSR count). The van der Waals surface area contributed by atoms with Crippen molar-refractivity contribution in [1.82, 2.24) is 4.98 Å². The van der Waals surface area contributed by atoms with E-state index in [0.29, 0.717) is 0 Å². The van der Waals surface area contributed by atoms with Gasteiger partial charge in [-0.2, -0.15) is 0 Å². The molecule has 1 aliphatic rings. The van der Waals surface area contributed by atoms with Gasteiger partial charge in [0.25, 0.3) is 0 Å². The van der Waals surface area contributed by atoms with E-state index in [0.717, 1.165) is 31.2 Å². The highest BCUT2D eigenvalue weighted by Crippen LogP contribution is 2.15. The van der Waals surface area contributed by atoms with E-state index in [2.05, 4.69) is 28.2 Å². The molecule has 76 valence electrons. The van der Waals surface area contributed by atoms with Gasteiger partial charge < -0.3 is 9.72 Å². The molecule has 2 heterocycles. The Morgan fingerprint density at radius 2 is 2.27 bits per heavy atom. The maximum atomic E-state index is 5.38. The van der Waals surface area contributed by atoms with Crippen LogP contribution >= 0.6 is 0 Å². The van der Waals surface area contributed by atoms with Crippen molar-refractivity contribution < 1.29 is 4.74 Å². The van der Waals surface area contributed by atoms with Gasteiger partial charge in [0.05, 0.1) is 13.0 Å². The first kappa shape index (κ1) is 8.53. The molecular formula is C12H12N2O. The van der Waals surface area contributed by atoms with Crippen molar-refractivity contribution >= 4 is 16.8 Å². The van der Waals surface area contributed by atoms with Gasteiger partial charge in [0.15, 0.2) is 5.90 Å². The summed E-state index contributed by atoms with van der Waals surface area (Å²) in [5.74, 6) is 0.849. The first-order valence-corrected chi connectivity index (χ1v) is 5.14. The van der Waals surface area contributed by atoms with E-state index < -0.39 is 0 Å². The summed E-state index contributed by atoms with van der Waals surface area (Å²) in [4.78, 5) is 7.64. The maximum absolute atomic E-state index is 5.38. The van der Waals surface area contributed by atoms with E-state index in [4.69, 9.17) is 4.74 Å². The lowest BCUT2D eigenvalue weighted by Gasteiger charge is -1.97. The number of aliphatic imine (C=N–C) groups is 1. The second kappa shape index (κ2) is 3.42. The quantitative estimate of drug-likeness (QED) is 0.792. The zero-order chi connectivity index (χ0) is 10.1. The third-order valence-electron chi connectivity index (χ3n) is 2.58. The molecule has 0 saturated carbocycles. The number of aromatic nitrogens is 1. The SMILES string of the molecule is c1ccc2[nH]c(CC3=NCCO3)cc2c1. The predicted molar refractivity (Wildman–Crippen MR) is 60.3 cm³/mol. The number of nitrogens with zero attached hydrogens (tertiary/aromatic N) is 1. The summed E-state index contributed by atoms with van der Waals surface area (Å²) in [5.41, 5.74) is 2.34. The number of benzene rings is 1. The van der Waals surface area contributed by atoms with Gasteiger partial charge >= 0.3 is 0 Å². The van der Waals surface area contributed by atoms with Crippen LogP contribution in [-0.4, -0.2) is 24.0 Å². The average Bonchev–Trinajstić information content (AvgIpc) is 2.86. The summed E-state index contributed by atoms with van der Waals surface area (Å²) >= 11 is 0. The van der Waals surface area contributed by atoms with Crippen LogP contribution in [0.1, 0.15) is 5.69 Å². The molecule has 0 saturated heterocycles. The summed E-state index contributed by atoms with van der Waals surface area (Å²) in [6, 6.07) is 10.4. The predicted octanol–water partition coefficient (Wildman–Crippen LogP) is 2.14. The number of para-hydroxylation sites is 1. The number of fused-ring (bicyclic) bond motifs is 1. The minimum absolute atomic E-state index is 0.732. The van der Waals surface area contributed by atoms with Gasteiger partial charge in [-0.15, -0.1) is 0 Å². The lowest BCUT2D eigenvalue weighted by molar-refractivity contribution is 0.340. The van der Waals surface area contributed by atoms with E-state index in [-0.39, 0.29) is 0 Å². The Kier molecular flexibility index (Phi) is 1.95. The van der Waals surface area contributed by atoms with Gasteiger partial charge in [-0.05, 0) is 17.5 Å². The van der Waals surface area contributed by atoms with Crippen LogP contribution in [0, 0.1) is 0 Å². The molecule has 0 spiro atoms. The van der Waals surface area contributed by atoms with Crippen LogP contribution in [0.3, 0.4) is 0 Å². The first-order valence-electron chi connectivity index (χ1n) is 5.14. The van der Waals surface area contributed by atoms with Crippen molar-refractivity contribution in [2.75, 3.05) is 13.2 Å². The molecule has 0 amide bonds. The molecule has 0 fully saturated rings. The molecule has 1 aliphatic heterocycles. The van der Waals surface area contributed by atoms with E-state index in [1.54, 1.807) is 0 Å². The molecule has 2 aromatic rings. The van der Waals surface area contributed by atoms with Gasteiger partial charge in [0.1, 0.15) is 6.61 Å². The zero-order valence-corrected chi connectivity index (χ0v) is 8.36. The molecule has 0 radical (unpaired) electrons. The van der Waals surface area contributed by atoms with Crippen molar-refractivity contribution in [2.24, 2.45) is 4.99 Å². The molecule has 0 unspecified atom stereocenters. The highest BCUT2D eigenvalue weighted by atomic mass is 16.5. The summed E-state index contributed by atoms with van der Waals surface area (Å²) in [5, 5.41) is 1.24. The van der Waals surface area contributed by atoms with Gasteiger partial charge in [-0.25, -0.2) is 0 Å². The molecule has 3 heteroatoms. The van der Waals surface area contributed by atoms with E-state index in [9.17, 15) is 0 Å². The van der Waals surface area contributed by atoms with Crippen molar-refractivity contribution in [2.45, 2.75) is 6.42 Å². The molecule has 0 atom stereocenters. The van der Waals surface area contributed by atoms with Crippen molar-refractivity contribution in [3.63, 3.8) is 0 Å². The lowest BCUT2D eigenvalue weighted by Crippen LogP contribution is -2.03. The Balaban J connectivity index is 1.91. The molecule has 1 aromatic heterocycles. The summed E-state index contributed by atoms with van der Waals surface area (Å²) < 4.78 is 5.38. The topological polar surface area (TPSA) is 37.4 Å². The van der Waals surface area contributed by atoms with Crippen molar-refractivity contribution in [3.05, 3.63) is 36.0 Å². The van der Waals surface area contributed by atoms with Gasteiger partial charge in [0, 0.05) is 11.2 Å². The monoisotopic (exact) mass is 200 g/mol. The fourth-order valence-corrected chi connectivity index (χ4v) is 1.88. The van der Waals surface area contributed by atoms with E-state index in [1.807, 2.05) is 12.1 Å². The number of rotatable bonds is 2. The minimum Gasteiger partial charge on any atom is -0.479 e. The number of H-pyrrole nitrogens is 1. The lowest BCUT2D eigenvalue weighted by atomic mass is 10.2. The van der Waals surface area contributed by atoms with E-state index >= 15 is 0 Å². The third kappa shape index (κ3) is 1.61. The average molecular weight is 200 g/mol. The normalized spacial score (nSPS) is 15.3. The van der Waals surface area contributed by atoms with Crippen LogP contribution in [-0.2, 0) is 11.2 Å². The number of hydrogen-bond acceptors (Lipinski definition) is 2. The smallest absolute Gasteiger partial charge is 0.189 e. The maximum Gasteiger partial charge on any atom is 0.189 e. The largest absolute Gasteiger partial charge is 0.479 e. The molecular weight excluding hydrogens is 188 g/mol. The highest BCUT2D eigenvalue weighted by molar-refractivity contribution is 5.84. The van der Waals surface area contributed by atoms with Gasteiger partial charge in [-0.3, -0.25) is 4.99 Å². The third-order valence-corrected chi connectivity index (χ3v) is 2.58. The van der Waals surface area contributed by atoms with Crippen molar-refractivity contribution in [1.29, 1.82) is 0 Å². The number of ether oxygens (including phenoxy) is 1. The summed E-state index contributed by atoms with van der Waals surface area (Å²) in [7, 11) is 0. The molecule has 0 aliphatic carbocycles. The fraction of sp³-hybridized carbons (Fsp3) is 0.250. The summed E-state index contributed by atoms with van der Waals surface area (Å²) in [6.45, 7) is 1.53. The van der Waals surface area contributed by atoms with Crippen LogP contribution in [0.2, 0.25) is 0 Å². The highest BCUT2D eigenvalue weighted by Gasteiger charge is 2.09. The molecule has 15 heavy (non-hydrogen) atoms. The van der Waals surface area contributed by atoms with Crippen LogP contribution in [0.5, 0.6) is 0 Å². The Bertz CT molecular complexity index is 480. The fourth-order valence-electron chi connectivity index (χ4n) is 1.88. The Labute approximate surface area is 87.8 Å². The van der Waals surface area contributed by atoms with Crippen LogP contribution < -0.4 is 0 Å². The number of hydrogen-bond donors (Lipinski definition) is 1. The second-order valence-corrected chi connectivity index (χ2v) is 3.68. The standard InChI is InChI=1S/C12H12N2O/c1-2-4-11-9(3-1)7-10(14-11)8-12-13-5-6-15-12/h1-4,7,14H,5-6,8H2. The van der Waals surface area contributed by atoms with Gasteiger partial charge in [0.2, 0.25) is 0 Å². The molecule has 1 aromatic carbocycles. The van der Waals surface area contributed by atoms with Crippen LogP contribution in [0.25, 0.3) is 10.9 Å². The van der Waals surface area contributed by atoms with Crippen LogP contribution in [0.15, 0.2) is 35.3 Å². The Hall–Kier alpha value is -1.77. The molecule has 1 N–H and O–H groups in total. The zero-order valence-electron chi connectivity index (χ0n) is 8.36. The molecule has 0 bridgehead atoms. The number of aromatic amines is 1. The van der Waals surface area contributed by atoms with Gasteiger partial charge in [-0.1, -0.05) is 18.2 Å². The first-order chi connectivity index (χ1) is 7.42.